The number of rotatable bonds is 9. The van der Waals surface area contributed by atoms with Crippen LogP contribution in [-0.4, -0.2) is 35.0 Å². The van der Waals surface area contributed by atoms with E-state index in [0.717, 1.165) is 12.8 Å². The number of pyridine rings is 1. The summed E-state index contributed by atoms with van der Waals surface area (Å²) in [5.74, 6) is -1.31. The number of ether oxygens (including phenoxy) is 1. The molecule has 2 aromatic carbocycles. The van der Waals surface area contributed by atoms with Crippen LogP contribution in [0.2, 0.25) is 0 Å². The smallest absolute Gasteiger partial charge is 0.407 e. The van der Waals surface area contributed by atoms with E-state index in [1.807, 2.05) is 32.9 Å². The number of amides is 3. The molecule has 1 heterocycles. The minimum atomic E-state index is -0.999. The minimum absolute atomic E-state index is 0.0562. The first-order valence-electron chi connectivity index (χ1n) is 14.8. The highest BCUT2D eigenvalue weighted by Gasteiger charge is 2.31. The number of benzene rings is 2. The van der Waals surface area contributed by atoms with Crippen molar-refractivity contribution in [3.63, 3.8) is 0 Å². The van der Waals surface area contributed by atoms with E-state index in [9.17, 15) is 18.8 Å². The zero-order valence-electron chi connectivity index (χ0n) is 25.2. The van der Waals surface area contributed by atoms with E-state index in [0.29, 0.717) is 41.8 Å². The molecule has 230 valence electrons. The highest BCUT2D eigenvalue weighted by molar-refractivity contribution is 5.89. The van der Waals surface area contributed by atoms with Crippen LogP contribution in [0.1, 0.15) is 69.3 Å². The fourth-order valence-corrected chi connectivity index (χ4v) is 5.20. The van der Waals surface area contributed by atoms with Crippen molar-refractivity contribution in [1.82, 2.24) is 20.9 Å². The van der Waals surface area contributed by atoms with E-state index in [-0.39, 0.29) is 29.9 Å². The molecule has 0 spiro atoms. The van der Waals surface area contributed by atoms with Crippen LogP contribution in [-0.2, 0) is 20.9 Å². The normalized spacial score (nSPS) is 17.1. The quantitative estimate of drug-likeness (QED) is 0.295. The molecule has 3 aromatic rings. The molecule has 0 saturated heterocycles. The van der Waals surface area contributed by atoms with Gasteiger partial charge in [-0.25, -0.2) is 9.18 Å². The van der Waals surface area contributed by atoms with Gasteiger partial charge in [0.05, 0.1) is 17.8 Å². The molecule has 9 nitrogen and oxygen atoms in total. The lowest BCUT2D eigenvalue weighted by Crippen LogP contribution is -2.43. The van der Waals surface area contributed by atoms with Crippen LogP contribution < -0.4 is 16.0 Å². The van der Waals surface area contributed by atoms with Crippen LogP contribution in [0.3, 0.4) is 0 Å². The summed E-state index contributed by atoms with van der Waals surface area (Å²) in [5, 5.41) is 17.7. The molecule has 1 aromatic heterocycles. The molecule has 44 heavy (non-hydrogen) atoms. The fraction of sp³-hybridized carbons (Fsp3) is 0.382. The van der Waals surface area contributed by atoms with E-state index < -0.39 is 29.5 Å². The summed E-state index contributed by atoms with van der Waals surface area (Å²) in [6, 6.07) is 17.6. The van der Waals surface area contributed by atoms with E-state index in [1.54, 1.807) is 48.7 Å². The van der Waals surface area contributed by atoms with Gasteiger partial charge in [-0.2, -0.15) is 5.26 Å². The Balaban J connectivity index is 1.45. The van der Waals surface area contributed by atoms with Gasteiger partial charge in [0, 0.05) is 18.7 Å². The third-order valence-corrected chi connectivity index (χ3v) is 7.51. The topological polar surface area (TPSA) is 133 Å². The first kappa shape index (κ1) is 32.1. The van der Waals surface area contributed by atoms with E-state index >= 15 is 0 Å². The fourth-order valence-electron chi connectivity index (χ4n) is 5.20. The van der Waals surface area contributed by atoms with Gasteiger partial charge in [0.25, 0.3) is 0 Å². The molecular formula is C34H38FN5O4. The van der Waals surface area contributed by atoms with Gasteiger partial charge in [-0.05, 0) is 99.4 Å². The van der Waals surface area contributed by atoms with Crippen molar-refractivity contribution in [3.8, 4) is 17.2 Å². The summed E-state index contributed by atoms with van der Waals surface area (Å²) < 4.78 is 19.7. The van der Waals surface area contributed by atoms with E-state index in [1.165, 1.54) is 12.1 Å². The lowest BCUT2D eigenvalue weighted by molar-refractivity contribution is -0.132. The molecule has 1 aliphatic carbocycles. The average Bonchev–Trinajstić information content (AvgIpc) is 3.01. The number of carbonyl (C=O) groups is 3. The number of aromatic nitrogens is 1. The summed E-state index contributed by atoms with van der Waals surface area (Å²) >= 11 is 0. The number of nitrogens with one attached hydrogen (secondary N) is 3. The Labute approximate surface area is 257 Å². The van der Waals surface area contributed by atoms with Crippen molar-refractivity contribution in [1.29, 1.82) is 5.26 Å². The molecule has 1 atom stereocenters. The lowest BCUT2D eigenvalue weighted by atomic mass is 9.81. The van der Waals surface area contributed by atoms with Crippen molar-refractivity contribution in [3.05, 3.63) is 89.5 Å². The Hall–Kier alpha value is -4.78. The maximum Gasteiger partial charge on any atom is 0.407 e. The number of alkyl carbamates (subject to hydrolysis) is 1. The van der Waals surface area contributed by atoms with Gasteiger partial charge in [-0.3, -0.25) is 14.6 Å². The predicted molar refractivity (Wildman–Crippen MR) is 163 cm³/mol. The van der Waals surface area contributed by atoms with Crippen molar-refractivity contribution < 1.29 is 23.5 Å². The summed E-state index contributed by atoms with van der Waals surface area (Å²) in [5.41, 5.74) is 1.76. The number of nitriles is 1. The van der Waals surface area contributed by atoms with Crippen molar-refractivity contribution in [2.75, 3.05) is 6.54 Å². The van der Waals surface area contributed by atoms with Gasteiger partial charge >= 0.3 is 6.09 Å². The SMILES string of the molecule is CC(C)(C)OC(=O)NCC1CCC(C(=O)NC(C(=O)NCc2ccccn2)c2cccc(-c3ccc(C#N)c(F)c3)c2)CC1. The summed E-state index contributed by atoms with van der Waals surface area (Å²) in [6.07, 6.45) is 3.94. The molecule has 1 aliphatic rings. The molecule has 1 saturated carbocycles. The number of halogens is 1. The van der Waals surface area contributed by atoms with Crippen LogP contribution in [0.25, 0.3) is 11.1 Å². The van der Waals surface area contributed by atoms with Gasteiger partial charge in [0.2, 0.25) is 11.8 Å². The number of hydrogen-bond donors (Lipinski definition) is 3. The Kier molecular flexibility index (Phi) is 10.7. The van der Waals surface area contributed by atoms with Crippen LogP contribution in [0.5, 0.6) is 0 Å². The second-order valence-corrected chi connectivity index (χ2v) is 12.0. The Morgan fingerprint density at radius 3 is 2.41 bits per heavy atom. The molecule has 1 unspecified atom stereocenters. The van der Waals surface area contributed by atoms with Gasteiger partial charge in [0.15, 0.2) is 0 Å². The van der Waals surface area contributed by atoms with Gasteiger partial charge in [-0.15, -0.1) is 0 Å². The molecule has 3 N–H and O–H groups in total. The first-order chi connectivity index (χ1) is 21.0. The third kappa shape index (κ3) is 9.11. The van der Waals surface area contributed by atoms with Crippen LogP contribution in [0, 0.1) is 29.0 Å². The van der Waals surface area contributed by atoms with Crippen LogP contribution in [0.4, 0.5) is 9.18 Å². The summed E-state index contributed by atoms with van der Waals surface area (Å²) in [7, 11) is 0. The molecule has 1 fully saturated rings. The molecular weight excluding hydrogens is 561 g/mol. The zero-order valence-corrected chi connectivity index (χ0v) is 25.2. The van der Waals surface area contributed by atoms with Crippen molar-refractivity contribution in [2.45, 2.75) is 64.6 Å². The van der Waals surface area contributed by atoms with Crippen molar-refractivity contribution in [2.24, 2.45) is 11.8 Å². The maximum absolute atomic E-state index is 14.4. The second-order valence-electron chi connectivity index (χ2n) is 12.0. The van der Waals surface area contributed by atoms with Gasteiger partial charge in [-0.1, -0.05) is 30.3 Å². The lowest BCUT2D eigenvalue weighted by Gasteiger charge is -2.29. The van der Waals surface area contributed by atoms with E-state index in [2.05, 4.69) is 20.9 Å². The number of hydrogen-bond acceptors (Lipinski definition) is 6. The predicted octanol–water partition coefficient (Wildman–Crippen LogP) is 5.56. The standard InChI is InChI=1S/C34H38FN5O4/c1-34(2,3)44-33(43)39-20-22-10-12-23(13-11-22)31(41)40-30(32(42)38-21-28-9-4-5-16-37-28)26-8-6-7-24(17-26)25-14-15-27(19-36)29(35)18-25/h4-9,14-18,22-23,30H,10-13,20-21H2,1-3H3,(H,38,42)(H,39,43)(H,40,41). The summed E-state index contributed by atoms with van der Waals surface area (Å²) in [6.45, 7) is 6.09. The highest BCUT2D eigenvalue weighted by atomic mass is 19.1. The molecule has 0 bridgehead atoms. The van der Waals surface area contributed by atoms with Gasteiger partial charge in [0.1, 0.15) is 23.5 Å². The second kappa shape index (κ2) is 14.6. The molecule has 3 amide bonds. The maximum atomic E-state index is 14.4. The Morgan fingerprint density at radius 1 is 1.00 bits per heavy atom. The first-order valence-corrected chi connectivity index (χ1v) is 14.8. The Morgan fingerprint density at radius 2 is 1.75 bits per heavy atom. The van der Waals surface area contributed by atoms with Crippen LogP contribution in [0.15, 0.2) is 66.9 Å². The zero-order chi connectivity index (χ0) is 31.7. The average molecular weight is 600 g/mol. The molecule has 4 rings (SSSR count). The van der Waals surface area contributed by atoms with Crippen LogP contribution >= 0.6 is 0 Å². The number of nitrogens with zero attached hydrogens (tertiary/aromatic N) is 2. The third-order valence-electron chi connectivity index (χ3n) is 7.51. The minimum Gasteiger partial charge on any atom is -0.444 e. The molecule has 0 aliphatic heterocycles. The van der Waals surface area contributed by atoms with Gasteiger partial charge < -0.3 is 20.7 Å². The highest BCUT2D eigenvalue weighted by Crippen LogP contribution is 2.30. The summed E-state index contributed by atoms with van der Waals surface area (Å²) in [4.78, 5) is 43.3. The molecule has 10 heteroatoms. The van der Waals surface area contributed by atoms with E-state index in [4.69, 9.17) is 10.00 Å². The largest absolute Gasteiger partial charge is 0.444 e. The number of carbonyl (C=O) groups excluding carboxylic acids is 3. The van der Waals surface area contributed by atoms with Crippen molar-refractivity contribution >= 4 is 17.9 Å². The monoisotopic (exact) mass is 599 g/mol. The molecule has 0 radical (unpaired) electrons. The Bertz CT molecular complexity index is 1510.